The van der Waals surface area contributed by atoms with Gasteiger partial charge in [-0.1, -0.05) is 40.6 Å². The predicted molar refractivity (Wildman–Crippen MR) is 93.5 cm³/mol. The quantitative estimate of drug-likeness (QED) is 0.823. The standard InChI is InChI=1S/C15H12Cl2N4O2S/c1-7-11(15(22)23-2)12(9-4-3-8(16)5-10(9)17)20-13(19-7)14-21-18-6-24-14/h3-6,12H,1-2H3,(H,19,20). The molecule has 1 N–H and O–H groups in total. The van der Waals surface area contributed by atoms with Gasteiger partial charge in [-0.25, -0.2) is 4.79 Å². The number of hydrogen-bond acceptors (Lipinski definition) is 7. The van der Waals surface area contributed by atoms with E-state index in [0.29, 0.717) is 37.7 Å². The number of amidine groups is 1. The number of nitrogens with one attached hydrogen (secondary N) is 1. The molecule has 2 heterocycles. The number of halogens is 2. The first-order chi connectivity index (χ1) is 11.5. The summed E-state index contributed by atoms with van der Waals surface area (Å²) >= 11 is 13.6. The lowest BCUT2D eigenvalue weighted by Gasteiger charge is -2.25. The Balaban J connectivity index is 2.14. The Bertz CT molecular complexity index is 849. The summed E-state index contributed by atoms with van der Waals surface area (Å²) in [6.45, 7) is 1.78. The summed E-state index contributed by atoms with van der Waals surface area (Å²) in [5, 5.41) is 12.5. The minimum absolute atomic E-state index is 0.384. The number of benzene rings is 1. The van der Waals surface area contributed by atoms with Crippen LogP contribution in [0.1, 0.15) is 23.5 Å². The Morgan fingerprint density at radius 2 is 2.17 bits per heavy atom. The number of carbonyl (C=O) groups excluding carboxylic acids is 1. The second kappa shape index (κ2) is 6.88. The normalized spacial score (nSPS) is 17.3. The first-order valence-electron chi connectivity index (χ1n) is 6.86. The Labute approximate surface area is 152 Å². The molecule has 1 unspecified atom stereocenters. The lowest BCUT2D eigenvalue weighted by Crippen LogP contribution is -2.32. The molecule has 2 aromatic rings. The van der Waals surface area contributed by atoms with E-state index in [1.165, 1.54) is 18.4 Å². The van der Waals surface area contributed by atoms with Crippen LogP contribution in [-0.4, -0.2) is 29.1 Å². The second-order valence-electron chi connectivity index (χ2n) is 4.95. The molecular formula is C15H12Cl2N4O2S. The van der Waals surface area contributed by atoms with Gasteiger partial charge in [0.2, 0.25) is 0 Å². The zero-order valence-electron chi connectivity index (χ0n) is 12.7. The van der Waals surface area contributed by atoms with E-state index in [4.69, 9.17) is 27.9 Å². The van der Waals surface area contributed by atoms with Crippen LogP contribution in [0.2, 0.25) is 10.0 Å². The zero-order chi connectivity index (χ0) is 17.3. The molecule has 0 aliphatic carbocycles. The van der Waals surface area contributed by atoms with Crippen LogP contribution in [-0.2, 0) is 9.53 Å². The predicted octanol–water partition coefficient (Wildman–Crippen LogP) is 3.38. The van der Waals surface area contributed by atoms with Gasteiger partial charge in [0, 0.05) is 21.3 Å². The van der Waals surface area contributed by atoms with Crippen LogP contribution < -0.4 is 5.32 Å². The molecule has 0 amide bonds. The highest BCUT2D eigenvalue weighted by atomic mass is 35.5. The molecule has 0 fully saturated rings. The maximum Gasteiger partial charge on any atom is 0.338 e. The molecule has 6 nitrogen and oxygen atoms in total. The maximum absolute atomic E-state index is 12.2. The Morgan fingerprint density at radius 1 is 1.38 bits per heavy atom. The van der Waals surface area contributed by atoms with E-state index in [9.17, 15) is 4.79 Å². The highest BCUT2D eigenvalue weighted by Gasteiger charge is 2.32. The van der Waals surface area contributed by atoms with Crippen molar-refractivity contribution in [1.82, 2.24) is 15.5 Å². The lowest BCUT2D eigenvalue weighted by atomic mass is 9.96. The Kier molecular flexibility index (Phi) is 4.84. The molecule has 24 heavy (non-hydrogen) atoms. The topological polar surface area (TPSA) is 76.5 Å². The minimum atomic E-state index is -0.623. The number of aliphatic imine (C=N–C) groups is 1. The lowest BCUT2D eigenvalue weighted by molar-refractivity contribution is -0.136. The molecule has 1 aliphatic rings. The summed E-state index contributed by atoms with van der Waals surface area (Å²) in [7, 11) is 1.33. The maximum atomic E-state index is 12.2. The molecule has 0 spiro atoms. The number of allylic oxidation sites excluding steroid dienone is 1. The van der Waals surface area contributed by atoms with E-state index in [2.05, 4.69) is 20.5 Å². The number of ether oxygens (including phenoxy) is 1. The fraction of sp³-hybridized carbons (Fsp3) is 0.200. The van der Waals surface area contributed by atoms with Gasteiger partial charge in [-0.3, -0.25) is 4.99 Å². The summed E-state index contributed by atoms with van der Waals surface area (Å²) < 4.78 is 4.90. The molecule has 0 saturated carbocycles. The van der Waals surface area contributed by atoms with Gasteiger partial charge in [0.25, 0.3) is 0 Å². The average Bonchev–Trinajstić information content (AvgIpc) is 3.08. The van der Waals surface area contributed by atoms with Crippen LogP contribution in [0.4, 0.5) is 0 Å². The van der Waals surface area contributed by atoms with E-state index < -0.39 is 12.0 Å². The average molecular weight is 383 g/mol. The summed E-state index contributed by atoms with van der Waals surface area (Å²) in [5.41, 5.74) is 3.27. The summed E-state index contributed by atoms with van der Waals surface area (Å²) in [4.78, 5) is 16.9. The van der Waals surface area contributed by atoms with Crippen molar-refractivity contribution in [2.24, 2.45) is 4.99 Å². The van der Waals surface area contributed by atoms with Crippen molar-refractivity contribution in [3.8, 4) is 0 Å². The first-order valence-corrected chi connectivity index (χ1v) is 8.50. The third kappa shape index (κ3) is 3.15. The van der Waals surface area contributed by atoms with Crippen molar-refractivity contribution in [3.63, 3.8) is 0 Å². The molecule has 0 bridgehead atoms. The molecule has 1 aliphatic heterocycles. The molecule has 9 heteroatoms. The third-order valence-electron chi connectivity index (χ3n) is 3.47. The fourth-order valence-corrected chi connectivity index (χ4v) is 3.40. The summed E-state index contributed by atoms with van der Waals surface area (Å²) in [5.74, 6) is 0.0507. The van der Waals surface area contributed by atoms with E-state index in [-0.39, 0.29) is 0 Å². The van der Waals surface area contributed by atoms with Crippen molar-refractivity contribution in [2.75, 3.05) is 7.11 Å². The van der Waals surface area contributed by atoms with E-state index in [1.54, 1.807) is 30.6 Å². The van der Waals surface area contributed by atoms with Gasteiger partial charge < -0.3 is 10.1 Å². The molecule has 0 radical (unpaired) electrons. The number of aromatic nitrogens is 2. The van der Waals surface area contributed by atoms with Crippen molar-refractivity contribution in [2.45, 2.75) is 13.0 Å². The highest BCUT2D eigenvalue weighted by molar-refractivity contribution is 7.11. The number of carbonyl (C=O) groups is 1. The van der Waals surface area contributed by atoms with E-state index in [0.717, 1.165) is 0 Å². The van der Waals surface area contributed by atoms with Crippen LogP contribution >= 0.6 is 34.5 Å². The number of rotatable bonds is 3. The zero-order valence-corrected chi connectivity index (χ0v) is 15.0. The smallest absolute Gasteiger partial charge is 0.338 e. The van der Waals surface area contributed by atoms with Gasteiger partial charge in [0.05, 0.1) is 12.7 Å². The molecule has 1 atom stereocenters. The van der Waals surface area contributed by atoms with Crippen molar-refractivity contribution >= 4 is 46.3 Å². The monoisotopic (exact) mass is 382 g/mol. The first kappa shape index (κ1) is 16.9. The number of esters is 1. The third-order valence-corrected chi connectivity index (χ3v) is 4.73. The van der Waals surface area contributed by atoms with Crippen molar-refractivity contribution < 1.29 is 9.53 Å². The molecular weight excluding hydrogens is 371 g/mol. The molecule has 1 aromatic carbocycles. The largest absolute Gasteiger partial charge is 0.466 e. The van der Waals surface area contributed by atoms with Crippen LogP contribution in [0.3, 0.4) is 0 Å². The SMILES string of the molecule is COC(=O)C1=C(C)NC(c2nncs2)=NC1c1ccc(Cl)cc1Cl. The fourth-order valence-electron chi connectivity index (χ4n) is 2.38. The second-order valence-corrected chi connectivity index (χ2v) is 6.62. The van der Waals surface area contributed by atoms with Crippen molar-refractivity contribution in [1.29, 1.82) is 0 Å². The van der Waals surface area contributed by atoms with E-state index in [1.807, 2.05) is 0 Å². The molecule has 1 aromatic heterocycles. The number of methoxy groups -OCH3 is 1. The van der Waals surface area contributed by atoms with Crippen LogP contribution in [0, 0.1) is 0 Å². The van der Waals surface area contributed by atoms with Gasteiger partial charge in [0.15, 0.2) is 10.8 Å². The van der Waals surface area contributed by atoms with Crippen LogP contribution in [0.25, 0.3) is 0 Å². The van der Waals surface area contributed by atoms with Gasteiger partial charge >= 0.3 is 5.97 Å². The van der Waals surface area contributed by atoms with Gasteiger partial charge in [-0.2, -0.15) is 0 Å². The van der Waals surface area contributed by atoms with Crippen molar-refractivity contribution in [3.05, 3.63) is 55.6 Å². The van der Waals surface area contributed by atoms with Crippen LogP contribution in [0.15, 0.2) is 40.0 Å². The minimum Gasteiger partial charge on any atom is -0.466 e. The summed E-state index contributed by atoms with van der Waals surface area (Å²) in [6, 6.07) is 4.44. The molecule has 0 saturated heterocycles. The van der Waals surface area contributed by atoms with Gasteiger partial charge in [0.1, 0.15) is 11.6 Å². The van der Waals surface area contributed by atoms with Gasteiger partial charge in [-0.05, 0) is 19.1 Å². The summed E-state index contributed by atoms with van der Waals surface area (Å²) in [6.07, 6.45) is 0. The van der Waals surface area contributed by atoms with Crippen LogP contribution in [0.5, 0.6) is 0 Å². The van der Waals surface area contributed by atoms with Gasteiger partial charge in [-0.15, -0.1) is 10.2 Å². The Morgan fingerprint density at radius 3 is 2.79 bits per heavy atom. The molecule has 3 rings (SSSR count). The Hall–Kier alpha value is -1.96. The molecule has 124 valence electrons. The number of hydrogen-bond donors (Lipinski definition) is 1. The van der Waals surface area contributed by atoms with E-state index >= 15 is 0 Å². The number of nitrogens with zero attached hydrogens (tertiary/aromatic N) is 3. The highest BCUT2D eigenvalue weighted by Crippen LogP contribution is 2.37.